The Labute approximate surface area is 162 Å². The number of aliphatic imine (C=N–C) groups is 1. The fourth-order valence-corrected chi connectivity index (χ4v) is 3.78. The van der Waals surface area contributed by atoms with Gasteiger partial charge in [-0.1, -0.05) is 40.5 Å². The average molecular weight is 404 g/mol. The summed E-state index contributed by atoms with van der Waals surface area (Å²) < 4.78 is 1.69. The van der Waals surface area contributed by atoms with E-state index in [4.69, 9.17) is 23.2 Å². The Kier molecular flexibility index (Phi) is 4.44. The molecule has 0 spiro atoms. The van der Waals surface area contributed by atoms with E-state index in [1.165, 1.54) is 11.8 Å². The summed E-state index contributed by atoms with van der Waals surface area (Å²) in [5, 5.41) is 12.0. The highest BCUT2D eigenvalue weighted by atomic mass is 35.5. The van der Waals surface area contributed by atoms with E-state index in [1.54, 1.807) is 29.0 Å². The SMILES string of the molecule is Cn1nnc2ccc(C=C3SC(=Nc4c(Cl)cccc4Cl)NC3=O)cc21. The lowest BCUT2D eigenvalue weighted by Crippen LogP contribution is -2.19. The summed E-state index contributed by atoms with van der Waals surface area (Å²) in [5.74, 6) is -0.222. The number of fused-ring (bicyclic) bond motifs is 1. The number of para-hydroxylation sites is 1. The Morgan fingerprint density at radius 2 is 2.00 bits per heavy atom. The van der Waals surface area contributed by atoms with E-state index in [0.29, 0.717) is 25.8 Å². The van der Waals surface area contributed by atoms with Crippen molar-refractivity contribution in [2.75, 3.05) is 0 Å². The number of rotatable bonds is 2. The molecule has 9 heteroatoms. The zero-order valence-corrected chi connectivity index (χ0v) is 15.7. The van der Waals surface area contributed by atoms with Crippen molar-refractivity contribution in [3.63, 3.8) is 0 Å². The lowest BCUT2D eigenvalue weighted by molar-refractivity contribution is -0.115. The Morgan fingerprint density at radius 1 is 1.23 bits per heavy atom. The lowest BCUT2D eigenvalue weighted by atomic mass is 10.2. The van der Waals surface area contributed by atoms with Crippen molar-refractivity contribution in [2.24, 2.45) is 12.0 Å². The second-order valence-electron chi connectivity index (χ2n) is 5.51. The number of amidine groups is 1. The molecule has 1 amide bonds. The predicted molar refractivity (Wildman–Crippen MR) is 106 cm³/mol. The summed E-state index contributed by atoms with van der Waals surface area (Å²) in [4.78, 5) is 17.2. The molecular formula is C17H11Cl2N5OS. The molecule has 1 aromatic heterocycles. The van der Waals surface area contributed by atoms with Crippen molar-refractivity contribution in [3.05, 3.63) is 56.9 Å². The average Bonchev–Trinajstić information content (AvgIpc) is 3.14. The second kappa shape index (κ2) is 6.75. The number of carbonyl (C=O) groups excluding carboxylic acids is 1. The molecule has 1 aliphatic heterocycles. The van der Waals surface area contributed by atoms with Crippen molar-refractivity contribution in [1.82, 2.24) is 20.3 Å². The molecule has 4 rings (SSSR count). The van der Waals surface area contributed by atoms with Crippen LogP contribution in [0.2, 0.25) is 10.0 Å². The number of nitrogens with one attached hydrogen (secondary N) is 1. The molecule has 0 unspecified atom stereocenters. The number of hydrogen-bond acceptors (Lipinski definition) is 5. The van der Waals surface area contributed by atoms with Crippen molar-refractivity contribution >= 4 is 68.8 Å². The van der Waals surface area contributed by atoms with Gasteiger partial charge in [-0.15, -0.1) is 5.10 Å². The van der Waals surface area contributed by atoms with Crippen molar-refractivity contribution in [3.8, 4) is 0 Å². The molecule has 1 saturated heterocycles. The molecule has 3 aromatic rings. The number of halogens is 2. The summed E-state index contributed by atoms with van der Waals surface area (Å²) in [6, 6.07) is 10.8. The largest absolute Gasteiger partial charge is 0.300 e. The minimum atomic E-state index is -0.222. The van der Waals surface area contributed by atoms with Crippen LogP contribution < -0.4 is 5.32 Å². The van der Waals surface area contributed by atoms with Gasteiger partial charge in [0.1, 0.15) is 11.2 Å². The highest BCUT2D eigenvalue weighted by Crippen LogP contribution is 2.35. The molecule has 0 aliphatic carbocycles. The Morgan fingerprint density at radius 3 is 2.77 bits per heavy atom. The van der Waals surface area contributed by atoms with Crippen LogP contribution in [0, 0.1) is 0 Å². The number of nitrogens with zero attached hydrogens (tertiary/aromatic N) is 4. The van der Waals surface area contributed by atoms with Crippen LogP contribution in [-0.4, -0.2) is 26.1 Å². The molecule has 0 atom stereocenters. The molecule has 26 heavy (non-hydrogen) atoms. The number of amides is 1. The summed E-state index contributed by atoms with van der Waals surface area (Å²) in [6.07, 6.45) is 1.79. The molecular weight excluding hydrogens is 393 g/mol. The van der Waals surface area contributed by atoms with Gasteiger partial charge in [-0.3, -0.25) is 4.79 Å². The molecule has 0 radical (unpaired) electrons. The van der Waals surface area contributed by atoms with Gasteiger partial charge < -0.3 is 5.32 Å². The maximum atomic E-state index is 12.3. The monoisotopic (exact) mass is 403 g/mol. The lowest BCUT2D eigenvalue weighted by Gasteiger charge is -2.01. The third-order valence-electron chi connectivity index (χ3n) is 3.73. The van der Waals surface area contributed by atoms with Crippen LogP contribution in [0.1, 0.15) is 5.56 Å². The van der Waals surface area contributed by atoms with Crippen molar-refractivity contribution in [1.29, 1.82) is 0 Å². The zero-order valence-electron chi connectivity index (χ0n) is 13.4. The van der Waals surface area contributed by atoms with Crippen LogP contribution >= 0.6 is 35.0 Å². The van der Waals surface area contributed by atoms with Crippen LogP contribution in [0.15, 0.2) is 46.3 Å². The van der Waals surface area contributed by atoms with Gasteiger partial charge in [0.2, 0.25) is 0 Å². The summed E-state index contributed by atoms with van der Waals surface area (Å²) in [6.45, 7) is 0. The van der Waals surface area contributed by atoms with E-state index in [-0.39, 0.29) is 5.91 Å². The third-order valence-corrected chi connectivity index (χ3v) is 5.25. The third kappa shape index (κ3) is 3.21. The fraction of sp³-hybridized carbons (Fsp3) is 0.0588. The minimum Gasteiger partial charge on any atom is -0.300 e. The van der Waals surface area contributed by atoms with Gasteiger partial charge >= 0.3 is 0 Å². The normalized spacial score (nSPS) is 17.4. The number of thioether (sulfide) groups is 1. The maximum Gasteiger partial charge on any atom is 0.264 e. The second-order valence-corrected chi connectivity index (χ2v) is 7.36. The van der Waals surface area contributed by atoms with E-state index in [2.05, 4.69) is 20.6 Å². The minimum absolute atomic E-state index is 0.222. The van der Waals surface area contributed by atoms with Gasteiger partial charge in [-0.25, -0.2) is 9.67 Å². The van der Waals surface area contributed by atoms with Crippen LogP contribution in [0.25, 0.3) is 17.1 Å². The van der Waals surface area contributed by atoms with E-state index in [0.717, 1.165) is 16.6 Å². The van der Waals surface area contributed by atoms with Gasteiger partial charge in [-0.05, 0) is 47.7 Å². The molecule has 6 nitrogen and oxygen atoms in total. The standard InChI is InChI=1S/C17H11Cl2N5OS/c1-24-13-7-9(5-6-12(13)22-23-24)8-14-16(25)21-17(26-14)20-15-10(18)3-2-4-11(15)19/h2-8H,1H3,(H,20,21,25). The van der Waals surface area contributed by atoms with E-state index < -0.39 is 0 Å². The van der Waals surface area contributed by atoms with Crippen LogP contribution in [0.5, 0.6) is 0 Å². The summed E-state index contributed by atoms with van der Waals surface area (Å²) in [7, 11) is 1.82. The number of aryl methyl sites for hydroxylation is 1. The van der Waals surface area contributed by atoms with Gasteiger partial charge in [-0.2, -0.15) is 0 Å². The smallest absolute Gasteiger partial charge is 0.264 e. The van der Waals surface area contributed by atoms with Gasteiger partial charge in [0.25, 0.3) is 5.91 Å². The fourth-order valence-electron chi connectivity index (χ4n) is 2.47. The van der Waals surface area contributed by atoms with E-state index in [1.807, 2.05) is 25.2 Å². The first-order chi connectivity index (χ1) is 12.5. The van der Waals surface area contributed by atoms with Crippen molar-refractivity contribution < 1.29 is 4.79 Å². The molecule has 0 saturated carbocycles. The molecule has 2 aromatic carbocycles. The number of aromatic nitrogens is 3. The molecule has 0 bridgehead atoms. The first kappa shape index (κ1) is 17.1. The number of benzene rings is 2. The molecule has 2 heterocycles. The van der Waals surface area contributed by atoms with Gasteiger partial charge in [0, 0.05) is 7.05 Å². The van der Waals surface area contributed by atoms with Gasteiger partial charge in [0.05, 0.1) is 20.5 Å². The number of hydrogen-bond donors (Lipinski definition) is 1. The van der Waals surface area contributed by atoms with Crippen molar-refractivity contribution in [2.45, 2.75) is 0 Å². The first-order valence-corrected chi connectivity index (χ1v) is 9.11. The Balaban J connectivity index is 1.66. The maximum absolute atomic E-state index is 12.3. The van der Waals surface area contributed by atoms with Crippen LogP contribution in [-0.2, 0) is 11.8 Å². The van der Waals surface area contributed by atoms with Crippen LogP contribution in [0.4, 0.5) is 5.69 Å². The molecule has 1 N–H and O–H groups in total. The van der Waals surface area contributed by atoms with E-state index in [9.17, 15) is 4.79 Å². The highest BCUT2D eigenvalue weighted by Gasteiger charge is 2.24. The number of carbonyl (C=O) groups is 1. The zero-order chi connectivity index (χ0) is 18.3. The first-order valence-electron chi connectivity index (χ1n) is 7.54. The highest BCUT2D eigenvalue weighted by molar-refractivity contribution is 8.18. The predicted octanol–water partition coefficient (Wildman–Crippen LogP) is 4.17. The topological polar surface area (TPSA) is 72.2 Å². The summed E-state index contributed by atoms with van der Waals surface area (Å²) in [5.41, 5.74) is 2.99. The van der Waals surface area contributed by atoms with Crippen LogP contribution in [0.3, 0.4) is 0 Å². The van der Waals surface area contributed by atoms with E-state index >= 15 is 0 Å². The molecule has 1 fully saturated rings. The molecule has 1 aliphatic rings. The molecule has 130 valence electrons. The van der Waals surface area contributed by atoms with Gasteiger partial charge in [0.15, 0.2) is 5.17 Å². The Hall–Kier alpha value is -2.35. The Bertz CT molecular complexity index is 1090. The quantitative estimate of drug-likeness (QED) is 0.651. The summed E-state index contributed by atoms with van der Waals surface area (Å²) >= 11 is 13.5.